The van der Waals surface area contributed by atoms with Gasteiger partial charge in [-0.15, -0.1) is 0 Å². The first-order valence-electron chi connectivity index (χ1n) is 9.78. The second-order valence-electron chi connectivity index (χ2n) is 7.20. The summed E-state index contributed by atoms with van der Waals surface area (Å²) in [6, 6.07) is 18.6. The molecule has 31 heavy (non-hydrogen) atoms. The molecule has 0 aliphatic rings. The second kappa shape index (κ2) is 8.28. The zero-order valence-corrected chi connectivity index (χ0v) is 17.5. The number of aryl methyl sites for hydroxylation is 1. The van der Waals surface area contributed by atoms with Gasteiger partial charge in [-0.25, -0.2) is 4.98 Å². The van der Waals surface area contributed by atoms with Crippen LogP contribution in [-0.2, 0) is 6.54 Å². The SMILES string of the molecule is COc1cc(C(=O)Nc2c(C)nn(Cc3cccc(C#N)c3)c2C)c2ccccc2n1. The van der Waals surface area contributed by atoms with E-state index in [0.29, 0.717) is 40.4 Å². The molecule has 0 bridgehead atoms. The molecule has 2 aromatic heterocycles. The third-order valence-electron chi connectivity index (χ3n) is 5.15. The number of rotatable bonds is 5. The predicted octanol–water partition coefficient (Wildman–Crippen LogP) is 4.23. The van der Waals surface area contributed by atoms with E-state index in [4.69, 9.17) is 10.00 Å². The summed E-state index contributed by atoms with van der Waals surface area (Å²) in [6.07, 6.45) is 0. The molecule has 1 amide bonds. The summed E-state index contributed by atoms with van der Waals surface area (Å²) in [5.74, 6) is 0.125. The molecule has 0 spiro atoms. The fraction of sp³-hybridized carbons (Fsp3) is 0.167. The number of nitrogens with zero attached hydrogens (tertiary/aromatic N) is 4. The number of aromatic nitrogens is 3. The van der Waals surface area contributed by atoms with Gasteiger partial charge < -0.3 is 10.1 Å². The molecule has 0 unspecified atom stereocenters. The van der Waals surface area contributed by atoms with Crippen molar-refractivity contribution >= 4 is 22.5 Å². The maximum Gasteiger partial charge on any atom is 0.256 e. The molecule has 0 atom stereocenters. The van der Waals surface area contributed by atoms with Crippen LogP contribution >= 0.6 is 0 Å². The van der Waals surface area contributed by atoms with Gasteiger partial charge in [0.05, 0.1) is 53.4 Å². The number of hydrogen-bond donors (Lipinski definition) is 1. The fourth-order valence-electron chi connectivity index (χ4n) is 3.57. The second-order valence-corrected chi connectivity index (χ2v) is 7.20. The normalized spacial score (nSPS) is 10.6. The zero-order valence-electron chi connectivity index (χ0n) is 17.5. The van der Waals surface area contributed by atoms with Gasteiger partial charge >= 0.3 is 0 Å². The zero-order chi connectivity index (χ0) is 22.0. The first-order chi connectivity index (χ1) is 15.0. The Hall–Kier alpha value is -4.18. The van der Waals surface area contributed by atoms with Crippen LogP contribution in [-0.4, -0.2) is 27.8 Å². The van der Waals surface area contributed by atoms with Crippen molar-refractivity contribution in [3.63, 3.8) is 0 Å². The topological polar surface area (TPSA) is 92.8 Å². The Kier molecular flexibility index (Phi) is 5.37. The summed E-state index contributed by atoms with van der Waals surface area (Å²) in [7, 11) is 1.53. The summed E-state index contributed by atoms with van der Waals surface area (Å²) < 4.78 is 7.10. The van der Waals surface area contributed by atoms with Crippen LogP contribution in [0.25, 0.3) is 10.9 Å². The number of nitriles is 1. The molecule has 7 nitrogen and oxygen atoms in total. The molecule has 4 rings (SSSR count). The number of nitrogens with one attached hydrogen (secondary N) is 1. The lowest BCUT2D eigenvalue weighted by Gasteiger charge is -2.10. The first kappa shape index (κ1) is 20.1. The van der Waals surface area contributed by atoms with Crippen LogP contribution in [0.3, 0.4) is 0 Å². The minimum atomic E-state index is -0.255. The number of benzene rings is 2. The Balaban J connectivity index is 1.65. The number of carbonyl (C=O) groups excluding carboxylic acids is 1. The van der Waals surface area contributed by atoms with Crippen LogP contribution in [0, 0.1) is 25.2 Å². The van der Waals surface area contributed by atoms with Crippen molar-refractivity contribution in [1.82, 2.24) is 14.8 Å². The summed E-state index contributed by atoms with van der Waals surface area (Å²) in [5, 5.41) is 17.5. The highest BCUT2D eigenvalue weighted by atomic mass is 16.5. The highest BCUT2D eigenvalue weighted by molar-refractivity contribution is 6.13. The smallest absolute Gasteiger partial charge is 0.256 e. The number of para-hydroxylation sites is 1. The molecule has 0 aliphatic heterocycles. The molecule has 154 valence electrons. The van der Waals surface area contributed by atoms with E-state index in [0.717, 1.165) is 16.6 Å². The van der Waals surface area contributed by atoms with E-state index in [9.17, 15) is 4.79 Å². The van der Waals surface area contributed by atoms with Crippen molar-refractivity contribution in [2.45, 2.75) is 20.4 Å². The fourth-order valence-corrected chi connectivity index (χ4v) is 3.57. The van der Waals surface area contributed by atoms with Crippen molar-refractivity contribution in [2.75, 3.05) is 12.4 Å². The Morgan fingerprint density at radius 3 is 2.74 bits per heavy atom. The predicted molar refractivity (Wildman–Crippen MR) is 118 cm³/mol. The number of fused-ring (bicyclic) bond motifs is 1. The average molecular weight is 411 g/mol. The van der Waals surface area contributed by atoms with E-state index in [1.807, 2.05) is 61.0 Å². The van der Waals surface area contributed by atoms with Crippen LogP contribution in [0.5, 0.6) is 5.88 Å². The van der Waals surface area contributed by atoms with Crippen LogP contribution in [0.1, 0.15) is 32.9 Å². The van der Waals surface area contributed by atoms with Gasteiger partial charge in [0.1, 0.15) is 0 Å². The number of pyridine rings is 1. The molecule has 4 aromatic rings. The minimum absolute atomic E-state index is 0.255. The van der Waals surface area contributed by atoms with E-state index in [2.05, 4.69) is 21.5 Å². The largest absolute Gasteiger partial charge is 0.481 e. The summed E-state index contributed by atoms with van der Waals surface area (Å²) >= 11 is 0. The van der Waals surface area contributed by atoms with E-state index >= 15 is 0 Å². The molecule has 1 N–H and O–H groups in total. The third kappa shape index (κ3) is 3.96. The molecular formula is C24H21N5O2. The monoisotopic (exact) mass is 411 g/mol. The standard InChI is InChI=1S/C24H21N5O2/c1-15-23(16(2)29(28-15)14-18-8-6-7-17(11-18)13-25)27-24(30)20-12-22(31-3)26-21-10-5-4-9-19(20)21/h4-12H,14H2,1-3H3,(H,27,30). The molecule has 0 saturated carbocycles. The van der Waals surface area contributed by atoms with Crippen LogP contribution in [0.4, 0.5) is 5.69 Å². The molecule has 0 aliphatic carbocycles. The van der Waals surface area contributed by atoms with Gasteiger partial charge in [0.2, 0.25) is 5.88 Å². The van der Waals surface area contributed by atoms with Crippen LogP contribution in [0.15, 0.2) is 54.6 Å². The summed E-state index contributed by atoms with van der Waals surface area (Å²) in [4.78, 5) is 17.6. The summed E-state index contributed by atoms with van der Waals surface area (Å²) in [6.45, 7) is 4.27. The Bertz CT molecular complexity index is 1330. The number of amides is 1. The maximum atomic E-state index is 13.2. The first-order valence-corrected chi connectivity index (χ1v) is 9.78. The maximum absolute atomic E-state index is 13.2. The molecule has 0 saturated heterocycles. The van der Waals surface area contributed by atoms with Crippen molar-refractivity contribution in [2.24, 2.45) is 0 Å². The lowest BCUT2D eigenvalue weighted by atomic mass is 10.1. The van der Waals surface area contributed by atoms with Crippen LogP contribution in [0.2, 0.25) is 0 Å². The Labute approximate surface area is 179 Å². The van der Waals surface area contributed by atoms with Gasteiger partial charge in [0.15, 0.2) is 0 Å². The number of anilines is 1. The average Bonchev–Trinajstić information content (AvgIpc) is 3.05. The highest BCUT2D eigenvalue weighted by Crippen LogP contribution is 2.25. The van der Waals surface area contributed by atoms with Gasteiger partial charge in [0, 0.05) is 11.5 Å². The Morgan fingerprint density at radius 1 is 1.16 bits per heavy atom. The molecular weight excluding hydrogens is 390 g/mol. The minimum Gasteiger partial charge on any atom is -0.481 e. The molecule has 7 heteroatoms. The molecule has 0 fully saturated rings. The number of hydrogen-bond acceptors (Lipinski definition) is 5. The molecule has 0 radical (unpaired) electrons. The highest BCUT2D eigenvalue weighted by Gasteiger charge is 2.18. The van der Waals surface area contributed by atoms with Crippen molar-refractivity contribution < 1.29 is 9.53 Å². The van der Waals surface area contributed by atoms with E-state index in [1.165, 1.54) is 7.11 Å². The summed E-state index contributed by atoms with van der Waals surface area (Å²) in [5.41, 5.74) is 4.95. The molecule has 2 aromatic carbocycles. The number of methoxy groups -OCH3 is 1. The number of ether oxygens (including phenoxy) is 1. The van der Waals surface area contributed by atoms with Crippen molar-refractivity contribution in [1.29, 1.82) is 5.26 Å². The van der Waals surface area contributed by atoms with Crippen molar-refractivity contribution in [3.8, 4) is 11.9 Å². The van der Waals surface area contributed by atoms with Crippen molar-refractivity contribution in [3.05, 3.63) is 82.7 Å². The van der Waals surface area contributed by atoms with E-state index < -0.39 is 0 Å². The molecule has 2 heterocycles. The third-order valence-corrected chi connectivity index (χ3v) is 5.15. The van der Waals surface area contributed by atoms with Crippen LogP contribution < -0.4 is 10.1 Å². The van der Waals surface area contributed by atoms with E-state index in [1.54, 1.807) is 12.1 Å². The van der Waals surface area contributed by atoms with Gasteiger partial charge in [-0.05, 0) is 37.6 Å². The van der Waals surface area contributed by atoms with E-state index in [-0.39, 0.29) is 5.91 Å². The van der Waals surface area contributed by atoms with Gasteiger partial charge in [0.25, 0.3) is 5.91 Å². The quantitative estimate of drug-likeness (QED) is 0.530. The lowest BCUT2D eigenvalue weighted by molar-refractivity contribution is 0.102. The Morgan fingerprint density at radius 2 is 1.97 bits per heavy atom. The lowest BCUT2D eigenvalue weighted by Crippen LogP contribution is -2.14. The van der Waals surface area contributed by atoms with Gasteiger partial charge in [-0.3, -0.25) is 9.48 Å². The number of carbonyl (C=O) groups is 1. The van der Waals surface area contributed by atoms with Gasteiger partial charge in [-0.2, -0.15) is 10.4 Å². The van der Waals surface area contributed by atoms with Gasteiger partial charge in [-0.1, -0.05) is 30.3 Å².